The highest BCUT2D eigenvalue weighted by atomic mass is 35.5. The number of carboxylic acids is 1. The zero-order valence-electron chi connectivity index (χ0n) is 34.5. The molecule has 8 rings (SSSR count). The molecule has 3 aromatic heterocycles. The van der Waals surface area contributed by atoms with Crippen molar-refractivity contribution < 1.29 is 19.4 Å². The summed E-state index contributed by atoms with van der Waals surface area (Å²) in [5.41, 5.74) is 10.7. The van der Waals surface area contributed by atoms with E-state index >= 15 is 4.79 Å². The molecule has 0 saturated carbocycles. The van der Waals surface area contributed by atoms with E-state index in [2.05, 4.69) is 40.5 Å². The molecule has 13 heteroatoms. The number of carbonyl (C=O) groups excluding carboxylic acids is 1. The Balaban J connectivity index is 1.27. The summed E-state index contributed by atoms with van der Waals surface area (Å²) in [5, 5.41) is 18.1. The molecule has 2 aliphatic rings. The Morgan fingerprint density at radius 2 is 1.64 bits per heavy atom. The van der Waals surface area contributed by atoms with Gasteiger partial charge in [-0.15, -0.1) is 0 Å². The summed E-state index contributed by atoms with van der Waals surface area (Å²) < 4.78 is 12.1. The number of anilines is 1. The molecule has 0 spiro atoms. The largest absolute Gasteiger partial charge is 0.494 e. The van der Waals surface area contributed by atoms with Gasteiger partial charge in [-0.25, -0.2) is 4.79 Å². The van der Waals surface area contributed by atoms with Crippen LogP contribution in [0.25, 0.3) is 32.9 Å². The molecule has 11 nitrogen and oxygen atoms in total. The van der Waals surface area contributed by atoms with Crippen molar-refractivity contribution in [1.29, 1.82) is 0 Å². The predicted molar refractivity (Wildman–Crippen MR) is 232 cm³/mol. The van der Waals surface area contributed by atoms with Crippen molar-refractivity contribution in [3.05, 3.63) is 97.5 Å². The van der Waals surface area contributed by atoms with Crippen LogP contribution in [0.3, 0.4) is 0 Å². The maximum atomic E-state index is 15.5. The maximum Gasteiger partial charge on any atom is 0.352 e. The minimum atomic E-state index is -1.01. The summed E-state index contributed by atoms with van der Waals surface area (Å²) in [5.74, 6) is -0.381. The number of aromatic carboxylic acids is 1. The zero-order valence-corrected chi connectivity index (χ0v) is 36.1. The summed E-state index contributed by atoms with van der Waals surface area (Å²) in [6, 6.07) is 13.6. The van der Waals surface area contributed by atoms with Gasteiger partial charge in [-0.05, 0) is 113 Å². The molecule has 0 unspecified atom stereocenters. The number of aromatic nitrogens is 4. The first-order valence-electron chi connectivity index (χ1n) is 20.0. The van der Waals surface area contributed by atoms with E-state index in [1.165, 1.54) is 0 Å². The van der Waals surface area contributed by atoms with E-state index in [0.717, 1.165) is 104 Å². The van der Waals surface area contributed by atoms with Gasteiger partial charge in [-0.3, -0.25) is 14.4 Å². The van der Waals surface area contributed by atoms with E-state index in [9.17, 15) is 9.90 Å². The lowest BCUT2D eigenvalue weighted by molar-refractivity contribution is 0.0687. The molecule has 304 valence electrons. The monoisotopic (exact) mass is 823 g/mol. The van der Waals surface area contributed by atoms with Gasteiger partial charge in [0.05, 0.1) is 34.0 Å². The maximum absolute atomic E-state index is 15.5. The molecule has 0 aliphatic carbocycles. The number of benzene rings is 3. The van der Waals surface area contributed by atoms with Gasteiger partial charge in [-0.2, -0.15) is 5.10 Å². The van der Waals surface area contributed by atoms with Crippen LogP contribution >= 0.6 is 23.2 Å². The SMILES string of the molecule is Cc1cc(OCCCc2c3n(c4c(-c5c(C)nn(C)c5C)c(Cl)ccc24)[C@H](C)CN(c2cc(CN4CCN(C)CC4)cc4cc(C(=O)O)n(C)c24)C3=O)cc(C)c1Cl. The Bertz CT molecular complexity index is 2610. The number of aryl methyl sites for hydroxylation is 6. The quantitative estimate of drug-likeness (QED) is 0.138. The Hall–Kier alpha value is -4.81. The lowest BCUT2D eigenvalue weighted by atomic mass is 9.98. The van der Waals surface area contributed by atoms with Gasteiger partial charge in [0, 0.05) is 92.0 Å². The molecule has 1 N–H and O–H groups in total. The topological polar surface area (TPSA) is 101 Å². The van der Waals surface area contributed by atoms with Crippen LogP contribution in [0.15, 0.2) is 42.5 Å². The molecular formula is C45H51Cl2N7O4. The Labute approximate surface area is 349 Å². The highest BCUT2D eigenvalue weighted by Gasteiger charge is 2.38. The van der Waals surface area contributed by atoms with Crippen LogP contribution < -0.4 is 9.64 Å². The number of carbonyl (C=O) groups is 2. The van der Waals surface area contributed by atoms with Crippen molar-refractivity contribution in [3.63, 3.8) is 0 Å². The third kappa shape index (κ3) is 6.85. The number of nitrogens with zero attached hydrogens (tertiary/aromatic N) is 7. The molecule has 0 bridgehead atoms. The molecule has 1 amide bonds. The second-order valence-electron chi connectivity index (χ2n) is 16.3. The number of ether oxygens (including phenoxy) is 1. The number of fused-ring (bicyclic) bond motifs is 4. The summed E-state index contributed by atoms with van der Waals surface area (Å²) in [7, 11) is 5.84. The third-order valence-corrected chi connectivity index (χ3v) is 13.2. The molecule has 2 aliphatic heterocycles. The summed E-state index contributed by atoms with van der Waals surface area (Å²) in [6.45, 7) is 15.5. The lowest BCUT2D eigenvalue weighted by Gasteiger charge is -2.35. The summed E-state index contributed by atoms with van der Waals surface area (Å²) in [4.78, 5) is 34.6. The first-order chi connectivity index (χ1) is 27.6. The molecule has 58 heavy (non-hydrogen) atoms. The lowest BCUT2D eigenvalue weighted by Crippen LogP contribution is -2.44. The average molecular weight is 825 g/mol. The number of likely N-dealkylation sites (N-methyl/N-ethyl adjacent to an activating group) is 1. The van der Waals surface area contributed by atoms with Gasteiger partial charge in [0.15, 0.2) is 0 Å². The first kappa shape index (κ1) is 40.0. The smallest absolute Gasteiger partial charge is 0.352 e. The number of amides is 1. The van der Waals surface area contributed by atoms with Crippen LogP contribution in [0.1, 0.15) is 74.0 Å². The Morgan fingerprint density at radius 1 is 0.931 bits per heavy atom. The van der Waals surface area contributed by atoms with Crippen LogP contribution in [0.5, 0.6) is 5.75 Å². The normalized spacial score (nSPS) is 16.6. The predicted octanol–water partition coefficient (Wildman–Crippen LogP) is 8.75. The number of hydrogen-bond acceptors (Lipinski definition) is 6. The first-order valence-corrected chi connectivity index (χ1v) is 20.7. The van der Waals surface area contributed by atoms with Crippen LogP contribution in [-0.2, 0) is 27.1 Å². The van der Waals surface area contributed by atoms with E-state index < -0.39 is 5.97 Å². The van der Waals surface area contributed by atoms with Crippen molar-refractivity contribution in [2.75, 3.05) is 51.3 Å². The van der Waals surface area contributed by atoms with Crippen molar-refractivity contribution in [1.82, 2.24) is 28.7 Å². The fourth-order valence-corrected chi connectivity index (χ4v) is 9.60. The average Bonchev–Trinajstić information content (AvgIpc) is 3.78. The molecule has 1 fully saturated rings. The van der Waals surface area contributed by atoms with E-state index in [1.807, 2.05) is 68.6 Å². The van der Waals surface area contributed by atoms with Gasteiger partial charge < -0.3 is 28.8 Å². The molecule has 0 radical (unpaired) electrons. The van der Waals surface area contributed by atoms with Gasteiger partial charge >= 0.3 is 5.97 Å². The van der Waals surface area contributed by atoms with Crippen molar-refractivity contribution in [2.45, 2.75) is 60.0 Å². The molecule has 3 aromatic carbocycles. The molecule has 5 heterocycles. The summed E-state index contributed by atoms with van der Waals surface area (Å²) in [6.07, 6.45) is 1.23. The van der Waals surface area contributed by atoms with Crippen LogP contribution in [0.4, 0.5) is 5.69 Å². The highest BCUT2D eigenvalue weighted by molar-refractivity contribution is 6.35. The molecule has 1 atom stereocenters. The molecule has 6 aromatic rings. The van der Waals surface area contributed by atoms with Gasteiger partial charge in [0.2, 0.25) is 0 Å². The van der Waals surface area contributed by atoms with Gasteiger partial charge in [0.25, 0.3) is 5.91 Å². The molecule has 1 saturated heterocycles. The zero-order chi connectivity index (χ0) is 41.3. The van der Waals surface area contributed by atoms with Gasteiger partial charge in [-0.1, -0.05) is 29.3 Å². The minimum Gasteiger partial charge on any atom is -0.494 e. The number of halogens is 2. The Kier molecular flexibility index (Phi) is 10.6. The van der Waals surface area contributed by atoms with E-state index in [0.29, 0.717) is 48.9 Å². The van der Waals surface area contributed by atoms with Crippen LogP contribution in [0.2, 0.25) is 10.0 Å². The number of carboxylic acid groups (broad SMARTS) is 1. The van der Waals surface area contributed by atoms with E-state index in [1.54, 1.807) is 17.7 Å². The van der Waals surface area contributed by atoms with Crippen molar-refractivity contribution >= 4 is 62.6 Å². The fourth-order valence-electron chi connectivity index (χ4n) is 9.25. The van der Waals surface area contributed by atoms with Crippen molar-refractivity contribution in [2.24, 2.45) is 14.1 Å². The van der Waals surface area contributed by atoms with E-state index in [-0.39, 0.29) is 17.6 Å². The summed E-state index contributed by atoms with van der Waals surface area (Å²) >= 11 is 13.6. The van der Waals surface area contributed by atoms with Crippen molar-refractivity contribution in [3.8, 4) is 16.9 Å². The van der Waals surface area contributed by atoms with E-state index in [4.69, 9.17) is 33.0 Å². The van der Waals surface area contributed by atoms with Gasteiger partial charge in [0.1, 0.15) is 17.1 Å². The fraction of sp³-hybridized carbons (Fsp3) is 0.400. The molecular weight excluding hydrogens is 773 g/mol. The van der Waals surface area contributed by atoms with Crippen LogP contribution in [0, 0.1) is 27.7 Å². The highest BCUT2D eigenvalue weighted by Crippen LogP contribution is 2.46. The number of piperazine rings is 1. The minimum absolute atomic E-state index is 0.132. The standard InChI is InChI=1S/C45H51Cl2N7O4/c1-25-18-32(19-26(2)40(25)47)58-17-9-10-33-34-11-12-35(46)39(38-28(4)48-51(8)29(38)5)42(34)54-27(3)23-53(44(55)43(33)54)36-21-30(24-52-15-13-49(6)14-16-52)20-31-22-37(45(56)57)50(7)41(31)36/h11-12,18-22,27H,9-10,13-17,23-24H2,1-8H3,(H,56,57)/t27-/m1/s1. The third-order valence-electron chi connectivity index (χ3n) is 12.2. The second kappa shape index (κ2) is 15.4. The second-order valence-corrected chi connectivity index (χ2v) is 17.1. The van der Waals surface area contributed by atoms with Crippen LogP contribution in [-0.4, -0.2) is 92.1 Å². The number of rotatable bonds is 10. The Morgan fingerprint density at radius 3 is 2.29 bits per heavy atom. The number of hydrogen-bond donors (Lipinski definition) is 1.